The molecule has 4 heteroatoms. The lowest BCUT2D eigenvalue weighted by molar-refractivity contribution is -0.122. The van der Waals surface area contributed by atoms with Gasteiger partial charge in [0.15, 0.2) is 0 Å². The molecule has 3 N–H and O–H groups in total. The largest absolute Gasteiger partial charge is 0.497 e. The van der Waals surface area contributed by atoms with Gasteiger partial charge in [0.25, 0.3) is 0 Å². The van der Waals surface area contributed by atoms with Gasteiger partial charge in [-0.15, -0.1) is 0 Å². The highest BCUT2D eigenvalue weighted by Gasteiger charge is 2.23. The monoisotopic (exact) mass is 278 g/mol. The molecule has 0 saturated heterocycles. The highest BCUT2D eigenvalue weighted by molar-refractivity contribution is 5.83. The van der Waals surface area contributed by atoms with Gasteiger partial charge in [-0.05, 0) is 37.5 Å². The van der Waals surface area contributed by atoms with E-state index in [0.717, 1.165) is 24.2 Å². The van der Waals surface area contributed by atoms with Gasteiger partial charge in [0, 0.05) is 12.1 Å². The Hall–Kier alpha value is -1.55. The maximum absolute atomic E-state index is 12.2. The Balaban J connectivity index is 2.67. The number of hydrogen-bond donors (Lipinski definition) is 2. The van der Waals surface area contributed by atoms with E-state index in [4.69, 9.17) is 10.5 Å². The second-order valence-corrected chi connectivity index (χ2v) is 5.29. The van der Waals surface area contributed by atoms with Gasteiger partial charge in [-0.1, -0.05) is 26.0 Å². The van der Waals surface area contributed by atoms with Crippen LogP contribution < -0.4 is 15.8 Å². The lowest BCUT2D eigenvalue weighted by Crippen LogP contribution is -2.49. The molecule has 1 aromatic rings. The standard InChI is InChI=1S/C16H26N2O2/c1-5-16(17,6-2)11-18-15(19)12(3)13-8-7-9-14(10-13)20-4/h7-10,12H,5-6,11,17H2,1-4H3,(H,18,19). The first-order chi connectivity index (χ1) is 9.45. The molecule has 0 spiro atoms. The van der Waals surface area contributed by atoms with E-state index >= 15 is 0 Å². The number of carbonyl (C=O) groups is 1. The quantitative estimate of drug-likeness (QED) is 0.805. The summed E-state index contributed by atoms with van der Waals surface area (Å²) >= 11 is 0. The van der Waals surface area contributed by atoms with Crippen LogP contribution in [0.2, 0.25) is 0 Å². The normalized spacial score (nSPS) is 12.8. The molecule has 0 aliphatic rings. The molecule has 0 fully saturated rings. The Morgan fingerprint density at radius 1 is 1.40 bits per heavy atom. The number of amides is 1. The van der Waals surface area contributed by atoms with E-state index in [1.807, 2.05) is 45.0 Å². The van der Waals surface area contributed by atoms with Gasteiger partial charge in [0.1, 0.15) is 5.75 Å². The summed E-state index contributed by atoms with van der Waals surface area (Å²) in [6, 6.07) is 7.58. The molecule has 112 valence electrons. The summed E-state index contributed by atoms with van der Waals surface area (Å²) in [6.07, 6.45) is 1.69. The van der Waals surface area contributed by atoms with Crippen molar-refractivity contribution in [2.45, 2.75) is 45.1 Å². The third kappa shape index (κ3) is 4.23. The van der Waals surface area contributed by atoms with Gasteiger partial charge < -0.3 is 15.8 Å². The van der Waals surface area contributed by atoms with Crippen LogP contribution in [-0.4, -0.2) is 25.1 Å². The molecule has 0 aromatic heterocycles. The zero-order chi connectivity index (χ0) is 15.2. The second-order valence-electron chi connectivity index (χ2n) is 5.29. The molecule has 0 aliphatic heterocycles. The maximum atomic E-state index is 12.2. The predicted molar refractivity (Wildman–Crippen MR) is 81.9 cm³/mol. The third-order valence-corrected chi connectivity index (χ3v) is 4.01. The Morgan fingerprint density at radius 2 is 2.05 bits per heavy atom. The topological polar surface area (TPSA) is 64.3 Å². The van der Waals surface area contributed by atoms with Crippen LogP contribution in [0.15, 0.2) is 24.3 Å². The van der Waals surface area contributed by atoms with Crippen molar-refractivity contribution in [3.63, 3.8) is 0 Å². The van der Waals surface area contributed by atoms with Crippen LogP contribution in [0, 0.1) is 0 Å². The zero-order valence-corrected chi connectivity index (χ0v) is 12.9. The van der Waals surface area contributed by atoms with Gasteiger partial charge in [-0.3, -0.25) is 4.79 Å². The fraction of sp³-hybridized carbons (Fsp3) is 0.562. The van der Waals surface area contributed by atoms with Gasteiger partial charge >= 0.3 is 0 Å². The van der Waals surface area contributed by atoms with Crippen LogP contribution in [0.4, 0.5) is 0 Å². The smallest absolute Gasteiger partial charge is 0.227 e. The van der Waals surface area contributed by atoms with Crippen LogP contribution in [0.1, 0.15) is 45.1 Å². The molecule has 0 saturated carbocycles. The van der Waals surface area contributed by atoms with Crippen molar-refractivity contribution in [2.75, 3.05) is 13.7 Å². The molecule has 0 aliphatic carbocycles. The number of nitrogens with one attached hydrogen (secondary N) is 1. The number of nitrogens with two attached hydrogens (primary N) is 1. The van der Waals surface area contributed by atoms with E-state index in [2.05, 4.69) is 5.32 Å². The van der Waals surface area contributed by atoms with E-state index in [9.17, 15) is 4.79 Å². The molecule has 4 nitrogen and oxygen atoms in total. The number of ether oxygens (including phenoxy) is 1. The summed E-state index contributed by atoms with van der Waals surface area (Å²) in [5, 5.41) is 2.96. The first kappa shape index (κ1) is 16.5. The Kier molecular flexibility index (Phi) is 6.02. The van der Waals surface area contributed by atoms with Gasteiger partial charge in [0.2, 0.25) is 5.91 Å². The van der Waals surface area contributed by atoms with E-state index in [0.29, 0.717) is 6.54 Å². The molecular weight excluding hydrogens is 252 g/mol. The first-order valence-corrected chi connectivity index (χ1v) is 7.16. The van der Waals surface area contributed by atoms with Crippen molar-refractivity contribution in [3.8, 4) is 5.75 Å². The summed E-state index contributed by atoms with van der Waals surface area (Å²) in [5.41, 5.74) is 6.82. The summed E-state index contributed by atoms with van der Waals surface area (Å²) < 4.78 is 5.18. The molecule has 20 heavy (non-hydrogen) atoms. The molecule has 0 radical (unpaired) electrons. The highest BCUT2D eigenvalue weighted by Crippen LogP contribution is 2.21. The lowest BCUT2D eigenvalue weighted by atomic mass is 9.93. The molecule has 0 heterocycles. The van der Waals surface area contributed by atoms with Crippen LogP contribution in [-0.2, 0) is 4.79 Å². The first-order valence-electron chi connectivity index (χ1n) is 7.16. The minimum Gasteiger partial charge on any atom is -0.497 e. The molecule has 1 aromatic carbocycles. The summed E-state index contributed by atoms with van der Waals surface area (Å²) in [7, 11) is 1.62. The van der Waals surface area contributed by atoms with Crippen molar-refractivity contribution in [1.82, 2.24) is 5.32 Å². The summed E-state index contributed by atoms with van der Waals surface area (Å²) in [5.74, 6) is 0.537. The van der Waals surface area contributed by atoms with E-state index in [1.54, 1.807) is 7.11 Å². The fourth-order valence-electron chi connectivity index (χ4n) is 1.98. The second kappa shape index (κ2) is 7.29. The van der Waals surface area contributed by atoms with E-state index in [-0.39, 0.29) is 17.4 Å². The fourth-order valence-corrected chi connectivity index (χ4v) is 1.98. The SMILES string of the molecule is CCC(N)(CC)CNC(=O)C(C)c1cccc(OC)c1. The number of methoxy groups -OCH3 is 1. The number of rotatable bonds is 7. The Labute approximate surface area is 121 Å². The van der Waals surface area contributed by atoms with Crippen molar-refractivity contribution >= 4 is 5.91 Å². The van der Waals surface area contributed by atoms with E-state index in [1.165, 1.54) is 0 Å². The lowest BCUT2D eigenvalue weighted by Gasteiger charge is -2.27. The molecule has 1 amide bonds. The number of hydrogen-bond acceptors (Lipinski definition) is 3. The van der Waals surface area contributed by atoms with Crippen molar-refractivity contribution in [1.29, 1.82) is 0 Å². The summed E-state index contributed by atoms with van der Waals surface area (Å²) in [6.45, 7) is 6.48. The van der Waals surface area contributed by atoms with Gasteiger partial charge in [-0.2, -0.15) is 0 Å². The molecule has 0 bridgehead atoms. The minimum atomic E-state index is -0.316. The Bertz CT molecular complexity index is 442. The average molecular weight is 278 g/mol. The van der Waals surface area contributed by atoms with Gasteiger partial charge in [-0.25, -0.2) is 0 Å². The van der Waals surface area contributed by atoms with Crippen molar-refractivity contribution < 1.29 is 9.53 Å². The van der Waals surface area contributed by atoms with Crippen molar-refractivity contribution in [3.05, 3.63) is 29.8 Å². The van der Waals surface area contributed by atoms with Crippen LogP contribution in [0.3, 0.4) is 0 Å². The number of benzene rings is 1. The van der Waals surface area contributed by atoms with Crippen molar-refractivity contribution in [2.24, 2.45) is 5.73 Å². The zero-order valence-electron chi connectivity index (χ0n) is 12.9. The molecule has 1 unspecified atom stereocenters. The number of carbonyl (C=O) groups excluding carboxylic acids is 1. The predicted octanol–water partition coefficient (Wildman–Crippen LogP) is 2.43. The maximum Gasteiger partial charge on any atom is 0.227 e. The van der Waals surface area contributed by atoms with Gasteiger partial charge in [0.05, 0.1) is 13.0 Å². The Morgan fingerprint density at radius 3 is 2.60 bits per heavy atom. The third-order valence-electron chi connectivity index (χ3n) is 4.01. The molecular formula is C16H26N2O2. The minimum absolute atomic E-state index is 0.00465. The molecule has 1 rings (SSSR count). The van der Waals surface area contributed by atoms with E-state index < -0.39 is 0 Å². The van der Waals surface area contributed by atoms with Crippen LogP contribution in [0.25, 0.3) is 0 Å². The summed E-state index contributed by atoms with van der Waals surface area (Å²) in [4.78, 5) is 12.2. The van der Waals surface area contributed by atoms with Crippen LogP contribution >= 0.6 is 0 Å². The average Bonchev–Trinajstić information content (AvgIpc) is 2.51. The van der Waals surface area contributed by atoms with Crippen LogP contribution in [0.5, 0.6) is 5.75 Å². The highest BCUT2D eigenvalue weighted by atomic mass is 16.5. The molecule has 1 atom stereocenters.